The highest BCUT2D eigenvalue weighted by Gasteiger charge is 2.23. The van der Waals surface area contributed by atoms with E-state index in [4.69, 9.17) is 16.7 Å². The van der Waals surface area contributed by atoms with E-state index in [1.807, 2.05) is 69.9 Å². The van der Waals surface area contributed by atoms with Crippen LogP contribution >= 0.6 is 12.2 Å². The number of hydrogen-bond donors (Lipinski definition) is 1. The van der Waals surface area contributed by atoms with E-state index in [2.05, 4.69) is 10.5 Å². The molecule has 0 saturated carbocycles. The van der Waals surface area contributed by atoms with Crippen molar-refractivity contribution in [1.82, 2.24) is 9.46 Å². The molecule has 3 aromatic rings. The molecule has 0 radical (unpaired) electrons. The molecule has 3 rings (SSSR count). The van der Waals surface area contributed by atoms with Crippen LogP contribution in [0.25, 0.3) is 0 Å². The van der Waals surface area contributed by atoms with Crippen molar-refractivity contribution in [3.8, 4) is 0 Å². The molecule has 1 N–H and O–H groups in total. The summed E-state index contributed by atoms with van der Waals surface area (Å²) in [5.74, 6) is 0.736. The molecule has 1 heterocycles. The number of thiocarbonyl (C=S) groups is 1. The van der Waals surface area contributed by atoms with Crippen LogP contribution in [0.5, 0.6) is 0 Å². The van der Waals surface area contributed by atoms with Crippen LogP contribution < -0.4 is 10.2 Å². The Morgan fingerprint density at radius 1 is 1.06 bits per heavy atom. The van der Waals surface area contributed by atoms with Crippen molar-refractivity contribution in [1.29, 1.82) is 0 Å². The van der Waals surface area contributed by atoms with Gasteiger partial charge >= 0.3 is 0 Å². The number of para-hydroxylation sites is 1. The van der Waals surface area contributed by atoms with Crippen LogP contribution in [0.4, 0.5) is 11.4 Å². The van der Waals surface area contributed by atoms with E-state index in [9.17, 15) is 8.42 Å². The smallest absolute Gasteiger partial charge is 0.243 e. The topological polar surface area (TPSA) is 78.7 Å². The normalized spacial score (nSPS) is 11.6. The summed E-state index contributed by atoms with van der Waals surface area (Å²) in [6.07, 6.45) is 0. The van der Waals surface area contributed by atoms with Crippen molar-refractivity contribution in [3.05, 3.63) is 71.1 Å². The maximum atomic E-state index is 13.0. The van der Waals surface area contributed by atoms with Gasteiger partial charge in [0.25, 0.3) is 0 Å². The van der Waals surface area contributed by atoms with Crippen LogP contribution in [0, 0.1) is 20.8 Å². The summed E-state index contributed by atoms with van der Waals surface area (Å²) >= 11 is 5.80. The number of sulfonamides is 1. The minimum absolute atomic E-state index is 0.235. The number of hydrogen-bond acceptors (Lipinski definition) is 5. The van der Waals surface area contributed by atoms with Gasteiger partial charge in [0.2, 0.25) is 10.0 Å². The summed E-state index contributed by atoms with van der Waals surface area (Å²) in [5, 5.41) is 7.77. The van der Waals surface area contributed by atoms with Crippen molar-refractivity contribution in [2.45, 2.75) is 46.1 Å². The third kappa shape index (κ3) is 5.43. The van der Waals surface area contributed by atoms with Crippen molar-refractivity contribution in [3.63, 3.8) is 0 Å². The van der Waals surface area contributed by atoms with Crippen LogP contribution in [-0.2, 0) is 16.6 Å². The Morgan fingerprint density at radius 2 is 1.73 bits per heavy atom. The molecule has 33 heavy (non-hydrogen) atoms. The highest BCUT2D eigenvalue weighted by atomic mass is 32.2. The first kappa shape index (κ1) is 24.9. The van der Waals surface area contributed by atoms with Crippen molar-refractivity contribution < 1.29 is 12.9 Å². The summed E-state index contributed by atoms with van der Waals surface area (Å²) < 4.78 is 32.8. The molecule has 0 aliphatic heterocycles. The van der Waals surface area contributed by atoms with E-state index < -0.39 is 10.0 Å². The van der Waals surface area contributed by atoms with E-state index in [1.165, 1.54) is 4.31 Å². The van der Waals surface area contributed by atoms with Crippen molar-refractivity contribution >= 4 is 38.7 Å². The van der Waals surface area contributed by atoms with Gasteiger partial charge in [0.1, 0.15) is 5.76 Å². The number of aryl methyl sites for hydroxylation is 3. The Morgan fingerprint density at radius 3 is 2.30 bits per heavy atom. The van der Waals surface area contributed by atoms with E-state index >= 15 is 0 Å². The van der Waals surface area contributed by atoms with Gasteiger partial charge in [0.05, 0.1) is 17.1 Å². The Bertz CT molecular complexity index is 1200. The lowest BCUT2D eigenvalue weighted by Gasteiger charge is -2.27. The van der Waals surface area contributed by atoms with Crippen molar-refractivity contribution in [2.24, 2.45) is 0 Å². The molecule has 0 spiro atoms. The molecule has 7 nitrogen and oxygen atoms in total. The molecule has 0 atom stereocenters. The molecule has 0 unspecified atom stereocenters. The molecule has 0 bridgehead atoms. The molecule has 0 aliphatic carbocycles. The SMILES string of the molecule is CCN(CC)S(=O)(=O)c1ccc(C)c(NC(=S)N(Cc2c(C)noc2C)c2ccccc2)c1. The summed E-state index contributed by atoms with van der Waals surface area (Å²) in [6, 6.07) is 14.9. The molecule has 176 valence electrons. The first-order chi connectivity index (χ1) is 15.7. The van der Waals surface area contributed by atoms with Crippen LogP contribution in [0.15, 0.2) is 57.9 Å². The van der Waals surface area contributed by atoms with Crippen LogP contribution in [0.2, 0.25) is 0 Å². The second kappa shape index (κ2) is 10.5. The molecule has 0 saturated heterocycles. The van der Waals surface area contributed by atoms with Gasteiger partial charge in [0, 0.05) is 30.0 Å². The Hall–Kier alpha value is -2.75. The minimum atomic E-state index is -3.59. The van der Waals surface area contributed by atoms with E-state index in [0.29, 0.717) is 30.4 Å². The standard InChI is InChI=1S/C24H30N4O3S2/c1-6-27(7-2)33(29,30)21-14-13-17(3)23(15-21)25-24(32)28(20-11-9-8-10-12-20)16-22-18(4)26-31-19(22)5/h8-15H,6-7,16H2,1-5H3,(H,25,32). The Labute approximate surface area is 201 Å². The predicted molar refractivity (Wildman–Crippen MR) is 136 cm³/mol. The largest absolute Gasteiger partial charge is 0.361 e. The molecule has 0 fully saturated rings. The first-order valence-electron chi connectivity index (χ1n) is 10.8. The second-order valence-corrected chi connectivity index (χ2v) is 10.0. The molecule has 2 aromatic carbocycles. The van der Waals surface area contributed by atoms with Gasteiger partial charge < -0.3 is 14.7 Å². The monoisotopic (exact) mass is 486 g/mol. The van der Waals surface area contributed by atoms with Gasteiger partial charge in [-0.2, -0.15) is 4.31 Å². The van der Waals surface area contributed by atoms with Crippen LogP contribution in [0.3, 0.4) is 0 Å². The zero-order chi connectivity index (χ0) is 24.2. The van der Waals surface area contributed by atoms with Gasteiger partial charge in [0.15, 0.2) is 5.11 Å². The minimum Gasteiger partial charge on any atom is -0.361 e. The number of nitrogens with zero attached hydrogens (tertiary/aromatic N) is 3. The van der Waals surface area contributed by atoms with Gasteiger partial charge in [-0.25, -0.2) is 8.42 Å². The van der Waals surface area contributed by atoms with E-state index in [-0.39, 0.29) is 4.90 Å². The summed E-state index contributed by atoms with van der Waals surface area (Å²) in [4.78, 5) is 2.19. The van der Waals surface area contributed by atoms with Gasteiger partial charge in [-0.15, -0.1) is 0 Å². The number of benzene rings is 2. The van der Waals surface area contributed by atoms with E-state index in [1.54, 1.807) is 18.2 Å². The third-order valence-corrected chi connectivity index (χ3v) is 7.97. The average molecular weight is 487 g/mol. The Kier molecular flexibility index (Phi) is 7.88. The zero-order valence-electron chi connectivity index (χ0n) is 19.6. The maximum Gasteiger partial charge on any atom is 0.243 e. The highest BCUT2D eigenvalue weighted by molar-refractivity contribution is 7.89. The lowest BCUT2D eigenvalue weighted by atomic mass is 10.1. The lowest BCUT2D eigenvalue weighted by molar-refractivity contribution is 0.392. The molecule has 0 amide bonds. The zero-order valence-corrected chi connectivity index (χ0v) is 21.3. The fourth-order valence-corrected chi connectivity index (χ4v) is 5.33. The third-order valence-electron chi connectivity index (χ3n) is 5.60. The number of nitrogens with one attached hydrogen (secondary N) is 1. The average Bonchev–Trinajstić information content (AvgIpc) is 3.11. The summed E-state index contributed by atoms with van der Waals surface area (Å²) in [6.45, 7) is 10.6. The fourth-order valence-electron chi connectivity index (χ4n) is 3.57. The first-order valence-corrected chi connectivity index (χ1v) is 12.7. The van der Waals surface area contributed by atoms with Gasteiger partial charge in [-0.3, -0.25) is 0 Å². The summed E-state index contributed by atoms with van der Waals surface area (Å²) in [5.41, 5.74) is 4.20. The maximum absolute atomic E-state index is 13.0. The van der Waals surface area contributed by atoms with Gasteiger partial charge in [-0.05, 0) is 62.8 Å². The predicted octanol–water partition coefficient (Wildman–Crippen LogP) is 5.03. The Balaban J connectivity index is 1.95. The number of rotatable bonds is 8. The number of aromatic nitrogens is 1. The molecule has 0 aliphatic rings. The van der Waals surface area contributed by atoms with Crippen LogP contribution in [0.1, 0.15) is 36.4 Å². The second-order valence-electron chi connectivity index (χ2n) is 7.72. The highest BCUT2D eigenvalue weighted by Crippen LogP contribution is 2.26. The summed E-state index contributed by atoms with van der Waals surface area (Å²) in [7, 11) is -3.59. The molecule has 1 aromatic heterocycles. The van der Waals surface area contributed by atoms with Gasteiger partial charge in [-0.1, -0.05) is 43.3 Å². The fraction of sp³-hybridized carbons (Fsp3) is 0.333. The lowest BCUT2D eigenvalue weighted by Crippen LogP contribution is -2.35. The molecular formula is C24H30N4O3S2. The van der Waals surface area contributed by atoms with Crippen LogP contribution in [-0.4, -0.2) is 36.1 Å². The van der Waals surface area contributed by atoms with E-state index in [0.717, 1.165) is 28.3 Å². The number of anilines is 2. The molecule has 9 heteroatoms. The molecular weight excluding hydrogens is 456 g/mol. The quantitative estimate of drug-likeness (QED) is 0.447. The van der Waals surface area contributed by atoms with Crippen molar-refractivity contribution in [2.75, 3.05) is 23.3 Å².